The summed E-state index contributed by atoms with van der Waals surface area (Å²) in [5, 5.41) is 0.546. The number of ether oxygens (including phenoxy) is 1. The third-order valence-electron chi connectivity index (χ3n) is 2.63. The van der Waals surface area contributed by atoms with Crippen LogP contribution in [0.1, 0.15) is 24.2 Å². The van der Waals surface area contributed by atoms with Gasteiger partial charge in [-0.3, -0.25) is 0 Å². The first-order valence-electron chi connectivity index (χ1n) is 6.14. The van der Waals surface area contributed by atoms with E-state index in [9.17, 15) is 4.79 Å². The van der Waals surface area contributed by atoms with Crippen molar-refractivity contribution in [3.8, 4) is 11.1 Å². The van der Waals surface area contributed by atoms with Gasteiger partial charge in [0.15, 0.2) is 0 Å². The number of hydrogen-bond donors (Lipinski definition) is 0. The molecule has 2 rings (SSSR count). The predicted octanol–water partition coefficient (Wildman–Crippen LogP) is 4.57. The van der Waals surface area contributed by atoms with E-state index in [2.05, 4.69) is 0 Å². The third kappa shape index (κ3) is 3.36. The van der Waals surface area contributed by atoms with Crippen molar-refractivity contribution in [2.45, 2.75) is 20.0 Å². The number of carbonyl (C=O) groups excluding carboxylic acids is 1. The molecule has 3 heteroatoms. The quantitative estimate of drug-likeness (QED) is 0.766. The molecule has 0 spiro atoms. The summed E-state index contributed by atoms with van der Waals surface area (Å²) in [5.41, 5.74) is 2.40. The Kier molecular flexibility index (Phi) is 4.23. The molecule has 0 fully saturated rings. The van der Waals surface area contributed by atoms with E-state index >= 15 is 0 Å². The summed E-state index contributed by atoms with van der Waals surface area (Å²) in [5.74, 6) is -0.350. The van der Waals surface area contributed by atoms with Crippen molar-refractivity contribution in [1.29, 1.82) is 0 Å². The Labute approximate surface area is 118 Å². The fourth-order valence-corrected chi connectivity index (χ4v) is 2.07. The van der Waals surface area contributed by atoms with Gasteiger partial charge in [-0.25, -0.2) is 4.79 Å². The minimum atomic E-state index is -0.350. The van der Waals surface area contributed by atoms with Crippen LogP contribution in [0.25, 0.3) is 11.1 Å². The lowest BCUT2D eigenvalue weighted by Crippen LogP contribution is -2.11. The molecule has 0 bridgehead atoms. The first-order valence-corrected chi connectivity index (χ1v) is 6.51. The van der Waals surface area contributed by atoms with Gasteiger partial charge in [-0.1, -0.05) is 48.0 Å². The van der Waals surface area contributed by atoms with E-state index in [4.69, 9.17) is 16.3 Å². The molecule has 0 N–H and O–H groups in total. The summed E-state index contributed by atoms with van der Waals surface area (Å²) >= 11 is 6.24. The third-order valence-corrected chi connectivity index (χ3v) is 2.95. The molecule has 2 nitrogen and oxygen atoms in total. The van der Waals surface area contributed by atoms with Gasteiger partial charge in [0, 0.05) is 10.6 Å². The maximum Gasteiger partial charge on any atom is 0.338 e. The minimum Gasteiger partial charge on any atom is -0.459 e. The molecule has 0 atom stereocenters. The Bertz CT molecular complexity index is 577. The van der Waals surface area contributed by atoms with Gasteiger partial charge in [0.1, 0.15) is 0 Å². The summed E-state index contributed by atoms with van der Waals surface area (Å²) in [6.07, 6.45) is -0.139. The Hall–Kier alpha value is -1.80. The normalized spacial score (nSPS) is 10.5. The number of rotatable bonds is 3. The molecule has 2 aromatic rings. The van der Waals surface area contributed by atoms with Crippen molar-refractivity contribution in [3.63, 3.8) is 0 Å². The van der Waals surface area contributed by atoms with Gasteiger partial charge < -0.3 is 4.74 Å². The van der Waals surface area contributed by atoms with Crippen molar-refractivity contribution in [3.05, 3.63) is 59.1 Å². The van der Waals surface area contributed by atoms with E-state index in [0.717, 1.165) is 11.1 Å². The van der Waals surface area contributed by atoms with E-state index in [-0.39, 0.29) is 12.1 Å². The molecule has 0 aliphatic heterocycles. The van der Waals surface area contributed by atoms with Crippen molar-refractivity contribution in [2.75, 3.05) is 0 Å². The molecule has 0 amide bonds. The maximum atomic E-state index is 11.8. The first-order chi connectivity index (χ1) is 9.08. The van der Waals surface area contributed by atoms with Crippen LogP contribution in [-0.4, -0.2) is 12.1 Å². The van der Waals surface area contributed by atoms with Gasteiger partial charge in [0.05, 0.1) is 11.7 Å². The topological polar surface area (TPSA) is 26.3 Å². The lowest BCUT2D eigenvalue weighted by Gasteiger charge is -2.10. The van der Waals surface area contributed by atoms with Crippen LogP contribution in [0.3, 0.4) is 0 Å². The Morgan fingerprint density at radius 1 is 1.11 bits per heavy atom. The van der Waals surface area contributed by atoms with Crippen molar-refractivity contribution < 1.29 is 9.53 Å². The van der Waals surface area contributed by atoms with E-state index < -0.39 is 0 Å². The van der Waals surface area contributed by atoms with E-state index in [1.807, 2.05) is 50.2 Å². The molecule has 0 aliphatic carbocycles. The standard InChI is InChI=1S/C16H15ClO2/c1-11(2)19-16(18)13-8-9-14(15(17)10-13)12-6-4-3-5-7-12/h3-11H,1-2H3. The van der Waals surface area contributed by atoms with Crippen molar-refractivity contribution in [1.82, 2.24) is 0 Å². The fourth-order valence-electron chi connectivity index (χ4n) is 1.78. The van der Waals surface area contributed by atoms with Crippen LogP contribution in [0.2, 0.25) is 5.02 Å². The molecule has 19 heavy (non-hydrogen) atoms. The lowest BCUT2D eigenvalue weighted by molar-refractivity contribution is 0.0378. The Balaban J connectivity index is 2.30. The number of carbonyl (C=O) groups is 1. The molecule has 2 aromatic carbocycles. The van der Waals surface area contributed by atoms with Crippen molar-refractivity contribution >= 4 is 17.6 Å². The first kappa shape index (κ1) is 13.6. The lowest BCUT2D eigenvalue weighted by atomic mass is 10.0. The molecular formula is C16H15ClO2. The zero-order chi connectivity index (χ0) is 13.8. The largest absolute Gasteiger partial charge is 0.459 e. The van der Waals surface area contributed by atoms with Crippen LogP contribution < -0.4 is 0 Å². The van der Waals surface area contributed by atoms with Crippen LogP contribution in [0.15, 0.2) is 48.5 Å². The Morgan fingerprint density at radius 2 is 1.79 bits per heavy atom. The van der Waals surface area contributed by atoms with E-state index in [1.165, 1.54) is 0 Å². The van der Waals surface area contributed by atoms with Gasteiger partial charge in [0.25, 0.3) is 0 Å². The zero-order valence-electron chi connectivity index (χ0n) is 10.9. The number of benzene rings is 2. The summed E-state index contributed by atoms with van der Waals surface area (Å²) in [6.45, 7) is 3.63. The highest BCUT2D eigenvalue weighted by atomic mass is 35.5. The van der Waals surface area contributed by atoms with Gasteiger partial charge in [-0.15, -0.1) is 0 Å². The second kappa shape index (κ2) is 5.89. The summed E-state index contributed by atoms with van der Waals surface area (Å²) < 4.78 is 5.14. The number of esters is 1. The molecule has 0 saturated heterocycles. The summed E-state index contributed by atoms with van der Waals surface area (Å²) in [7, 11) is 0. The van der Waals surface area contributed by atoms with Gasteiger partial charge in [-0.05, 0) is 31.5 Å². The SMILES string of the molecule is CC(C)OC(=O)c1ccc(-c2ccccc2)c(Cl)c1. The highest BCUT2D eigenvalue weighted by Crippen LogP contribution is 2.28. The highest BCUT2D eigenvalue weighted by Gasteiger charge is 2.12. The number of hydrogen-bond acceptors (Lipinski definition) is 2. The van der Waals surface area contributed by atoms with Gasteiger partial charge in [0.2, 0.25) is 0 Å². The van der Waals surface area contributed by atoms with Crippen LogP contribution in [0, 0.1) is 0 Å². The molecule has 0 aliphatic rings. The Morgan fingerprint density at radius 3 is 2.37 bits per heavy atom. The minimum absolute atomic E-state index is 0.139. The highest BCUT2D eigenvalue weighted by molar-refractivity contribution is 6.33. The zero-order valence-corrected chi connectivity index (χ0v) is 11.6. The predicted molar refractivity (Wildman–Crippen MR) is 77.4 cm³/mol. The fraction of sp³-hybridized carbons (Fsp3) is 0.188. The second-order valence-corrected chi connectivity index (χ2v) is 4.92. The van der Waals surface area contributed by atoms with E-state index in [0.29, 0.717) is 10.6 Å². The summed E-state index contributed by atoms with van der Waals surface area (Å²) in [6, 6.07) is 15.0. The van der Waals surface area contributed by atoms with E-state index in [1.54, 1.807) is 12.1 Å². The summed E-state index contributed by atoms with van der Waals surface area (Å²) in [4.78, 5) is 11.8. The van der Waals surface area contributed by atoms with Crippen LogP contribution in [0.5, 0.6) is 0 Å². The smallest absolute Gasteiger partial charge is 0.338 e. The van der Waals surface area contributed by atoms with Crippen LogP contribution >= 0.6 is 11.6 Å². The van der Waals surface area contributed by atoms with Gasteiger partial charge in [-0.2, -0.15) is 0 Å². The molecular weight excluding hydrogens is 260 g/mol. The molecule has 98 valence electrons. The molecule has 0 aromatic heterocycles. The monoisotopic (exact) mass is 274 g/mol. The second-order valence-electron chi connectivity index (χ2n) is 4.51. The molecule has 0 heterocycles. The average molecular weight is 275 g/mol. The van der Waals surface area contributed by atoms with Crippen molar-refractivity contribution in [2.24, 2.45) is 0 Å². The van der Waals surface area contributed by atoms with Crippen LogP contribution in [-0.2, 0) is 4.74 Å². The average Bonchev–Trinajstić information content (AvgIpc) is 2.38. The maximum absolute atomic E-state index is 11.8. The van der Waals surface area contributed by atoms with Crippen LogP contribution in [0.4, 0.5) is 0 Å². The molecule has 0 saturated carbocycles. The number of halogens is 1. The molecule has 0 unspecified atom stereocenters. The van der Waals surface area contributed by atoms with Gasteiger partial charge >= 0.3 is 5.97 Å². The molecule has 0 radical (unpaired) electrons.